The maximum atomic E-state index is 4.46. The van der Waals surface area contributed by atoms with Gasteiger partial charge in [-0.2, -0.15) is 5.10 Å². The smallest absolute Gasteiger partial charge is 0.0635 e. The molecule has 0 saturated carbocycles. The van der Waals surface area contributed by atoms with Gasteiger partial charge < -0.3 is 5.32 Å². The summed E-state index contributed by atoms with van der Waals surface area (Å²) in [4.78, 5) is 0. The molecule has 0 fully saturated rings. The number of nitrogens with one attached hydrogen (secondary N) is 1. The van der Waals surface area contributed by atoms with Crippen LogP contribution in [0.4, 0.5) is 5.69 Å². The average Bonchev–Trinajstić information content (AvgIpc) is 2.81. The molecule has 3 rings (SSSR count). The molecular formula is C17H22BrN3. The van der Waals surface area contributed by atoms with Gasteiger partial charge in [0.15, 0.2) is 0 Å². The van der Waals surface area contributed by atoms with Gasteiger partial charge in [-0.15, -0.1) is 0 Å². The molecule has 0 bridgehead atoms. The number of halogens is 1. The van der Waals surface area contributed by atoms with E-state index in [0.29, 0.717) is 6.04 Å². The molecule has 0 amide bonds. The maximum absolute atomic E-state index is 4.46. The highest BCUT2D eigenvalue weighted by Gasteiger charge is 2.15. The molecular weight excluding hydrogens is 326 g/mol. The van der Waals surface area contributed by atoms with Gasteiger partial charge >= 0.3 is 0 Å². The van der Waals surface area contributed by atoms with Crippen molar-refractivity contribution in [2.75, 3.05) is 5.32 Å². The van der Waals surface area contributed by atoms with Crippen LogP contribution >= 0.6 is 15.9 Å². The van der Waals surface area contributed by atoms with E-state index in [1.165, 1.54) is 35.3 Å². The summed E-state index contributed by atoms with van der Waals surface area (Å²) in [7, 11) is 0. The molecule has 0 spiro atoms. The number of nitrogens with zero attached hydrogens (tertiary/aromatic N) is 2. The molecule has 1 unspecified atom stereocenters. The number of hydrogen-bond donors (Lipinski definition) is 1. The van der Waals surface area contributed by atoms with Crippen molar-refractivity contribution in [3.8, 4) is 0 Å². The molecule has 0 radical (unpaired) electrons. The van der Waals surface area contributed by atoms with E-state index in [0.717, 1.165) is 23.9 Å². The number of fused-ring (bicyclic) bond motifs is 1. The zero-order valence-electron chi connectivity index (χ0n) is 12.7. The van der Waals surface area contributed by atoms with Crippen LogP contribution in [-0.2, 0) is 19.4 Å². The zero-order valence-corrected chi connectivity index (χ0v) is 14.3. The van der Waals surface area contributed by atoms with Crippen LogP contribution in [0.5, 0.6) is 0 Å². The number of hydrogen-bond acceptors (Lipinski definition) is 2. The molecule has 1 aromatic carbocycles. The Balaban J connectivity index is 1.84. The van der Waals surface area contributed by atoms with Crippen molar-refractivity contribution >= 4 is 21.6 Å². The molecule has 1 aliphatic heterocycles. The largest absolute Gasteiger partial charge is 0.382 e. The van der Waals surface area contributed by atoms with Crippen molar-refractivity contribution in [3.05, 3.63) is 45.7 Å². The first kappa shape index (κ1) is 14.6. The van der Waals surface area contributed by atoms with Crippen LogP contribution in [0.25, 0.3) is 0 Å². The minimum absolute atomic E-state index is 0.587. The predicted molar refractivity (Wildman–Crippen MR) is 90.9 cm³/mol. The molecule has 21 heavy (non-hydrogen) atoms. The summed E-state index contributed by atoms with van der Waals surface area (Å²) >= 11 is 3.63. The molecule has 1 aliphatic rings. The molecule has 0 aliphatic carbocycles. The van der Waals surface area contributed by atoms with Crippen LogP contribution in [0.15, 0.2) is 28.9 Å². The monoisotopic (exact) mass is 347 g/mol. The Hall–Kier alpha value is -1.29. The van der Waals surface area contributed by atoms with E-state index in [2.05, 4.69) is 63.1 Å². The first-order valence-corrected chi connectivity index (χ1v) is 8.55. The van der Waals surface area contributed by atoms with E-state index in [1.54, 1.807) is 0 Å². The minimum atomic E-state index is 0.587. The van der Waals surface area contributed by atoms with Crippen molar-refractivity contribution in [3.63, 3.8) is 0 Å². The van der Waals surface area contributed by atoms with Gasteiger partial charge in [-0.3, -0.25) is 4.68 Å². The van der Waals surface area contributed by atoms with E-state index >= 15 is 0 Å². The molecule has 1 N–H and O–H groups in total. The van der Waals surface area contributed by atoms with Crippen molar-refractivity contribution in [2.24, 2.45) is 0 Å². The standard InChI is InChI=1S/C17H22BrN3/c1-3-8-21-17(15(18)11-19-21)10-13-5-7-16-14(9-13)6-4-12(2)20-16/h5,7,9,11-12,20H,3-4,6,8,10H2,1-2H3. The fourth-order valence-corrected chi connectivity index (χ4v) is 3.41. The highest BCUT2D eigenvalue weighted by atomic mass is 79.9. The van der Waals surface area contributed by atoms with Crippen LogP contribution in [0, 0.1) is 0 Å². The van der Waals surface area contributed by atoms with E-state index in [9.17, 15) is 0 Å². The Morgan fingerprint density at radius 2 is 2.29 bits per heavy atom. The Labute approximate surface area is 134 Å². The van der Waals surface area contributed by atoms with Crippen molar-refractivity contribution in [2.45, 2.75) is 52.1 Å². The van der Waals surface area contributed by atoms with E-state index in [4.69, 9.17) is 0 Å². The van der Waals surface area contributed by atoms with Gasteiger partial charge in [0.1, 0.15) is 0 Å². The number of benzene rings is 1. The lowest BCUT2D eigenvalue weighted by molar-refractivity contribution is 0.579. The number of anilines is 1. The fourth-order valence-electron chi connectivity index (χ4n) is 2.98. The third kappa shape index (κ3) is 3.15. The summed E-state index contributed by atoms with van der Waals surface area (Å²) in [6, 6.07) is 7.40. The number of aryl methyl sites for hydroxylation is 2. The average molecular weight is 348 g/mol. The molecule has 4 heteroatoms. The highest BCUT2D eigenvalue weighted by molar-refractivity contribution is 9.10. The second-order valence-corrected chi connectivity index (χ2v) is 6.77. The SMILES string of the molecule is CCCn1ncc(Br)c1Cc1ccc2c(c1)CCC(C)N2. The van der Waals surface area contributed by atoms with Crippen LogP contribution in [0.3, 0.4) is 0 Å². The first-order chi connectivity index (χ1) is 10.2. The number of rotatable bonds is 4. The summed E-state index contributed by atoms with van der Waals surface area (Å²) in [5.41, 5.74) is 5.39. The molecule has 2 aromatic rings. The van der Waals surface area contributed by atoms with Crippen LogP contribution in [0.2, 0.25) is 0 Å². The topological polar surface area (TPSA) is 29.9 Å². The van der Waals surface area contributed by atoms with Gasteiger partial charge in [-0.05, 0) is 59.3 Å². The molecule has 1 aromatic heterocycles. The van der Waals surface area contributed by atoms with Gasteiger partial charge in [0, 0.05) is 24.7 Å². The van der Waals surface area contributed by atoms with Gasteiger partial charge in [-0.1, -0.05) is 19.1 Å². The van der Waals surface area contributed by atoms with Crippen LogP contribution in [-0.4, -0.2) is 15.8 Å². The lowest BCUT2D eigenvalue weighted by Crippen LogP contribution is -2.21. The molecule has 2 heterocycles. The second-order valence-electron chi connectivity index (χ2n) is 5.91. The van der Waals surface area contributed by atoms with Crippen molar-refractivity contribution in [1.82, 2.24) is 9.78 Å². The predicted octanol–water partition coefficient (Wildman–Crippen LogP) is 4.39. The Bertz CT molecular complexity index is 633. The summed E-state index contributed by atoms with van der Waals surface area (Å²) in [6.45, 7) is 5.41. The van der Waals surface area contributed by atoms with Crippen molar-refractivity contribution < 1.29 is 0 Å². The second kappa shape index (κ2) is 6.22. The summed E-state index contributed by atoms with van der Waals surface area (Å²) in [5.74, 6) is 0. The van der Waals surface area contributed by atoms with Gasteiger partial charge in [-0.25, -0.2) is 0 Å². The summed E-state index contributed by atoms with van der Waals surface area (Å²) in [6.07, 6.45) is 6.34. The van der Waals surface area contributed by atoms with E-state index in [-0.39, 0.29) is 0 Å². The van der Waals surface area contributed by atoms with E-state index < -0.39 is 0 Å². The Kier molecular flexibility index (Phi) is 4.34. The van der Waals surface area contributed by atoms with Crippen LogP contribution < -0.4 is 5.32 Å². The molecule has 3 nitrogen and oxygen atoms in total. The molecule has 1 atom stereocenters. The van der Waals surface area contributed by atoms with Crippen LogP contribution in [0.1, 0.15) is 43.5 Å². The Morgan fingerprint density at radius 1 is 1.43 bits per heavy atom. The minimum Gasteiger partial charge on any atom is -0.382 e. The van der Waals surface area contributed by atoms with Crippen molar-refractivity contribution in [1.29, 1.82) is 0 Å². The lowest BCUT2D eigenvalue weighted by Gasteiger charge is -2.24. The first-order valence-electron chi connectivity index (χ1n) is 7.76. The Morgan fingerprint density at radius 3 is 3.10 bits per heavy atom. The zero-order chi connectivity index (χ0) is 14.8. The lowest BCUT2D eigenvalue weighted by atomic mass is 9.96. The summed E-state index contributed by atoms with van der Waals surface area (Å²) in [5, 5.41) is 8.02. The highest BCUT2D eigenvalue weighted by Crippen LogP contribution is 2.27. The quantitative estimate of drug-likeness (QED) is 0.888. The number of aromatic nitrogens is 2. The summed E-state index contributed by atoms with van der Waals surface area (Å²) < 4.78 is 3.23. The van der Waals surface area contributed by atoms with Gasteiger partial charge in [0.25, 0.3) is 0 Å². The van der Waals surface area contributed by atoms with Gasteiger partial charge in [0.2, 0.25) is 0 Å². The third-order valence-corrected chi connectivity index (χ3v) is 4.79. The molecule has 0 saturated heterocycles. The fraction of sp³-hybridized carbons (Fsp3) is 0.471. The van der Waals surface area contributed by atoms with E-state index in [1.807, 2.05) is 6.20 Å². The van der Waals surface area contributed by atoms with Gasteiger partial charge in [0.05, 0.1) is 16.4 Å². The normalized spacial score (nSPS) is 17.4. The maximum Gasteiger partial charge on any atom is 0.0635 e. The molecule has 112 valence electrons. The third-order valence-electron chi connectivity index (χ3n) is 4.12.